The maximum atomic E-state index is 13.3. The Morgan fingerprint density at radius 3 is 3.00 bits per heavy atom. The Hall–Kier alpha value is -1.04. The minimum absolute atomic E-state index is 0.120. The molecule has 1 fully saturated rings. The van der Waals surface area contributed by atoms with Crippen molar-refractivity contribution in [2.24, 2.45) is 5.73 Å². The molecular weight excluding hydrogens is 245 g/mol. The van der Waals surface area contributed by atoms with Gasteiger partial charge in [-0.1, -0.05) is 0 Å². The Labute approximate surface area is 113 Å². The van der Waals surface area contributed by atoms with Gasteiger partial charge in [-0.3, -0.25) is 9.88 Å². The van der Waals surface area contributed by atoms with Crippen LogP contribution in [0, 0.1) is 5.82 Å². The Kier molecular flexibility index (Phi) is 4.85. The fourth-order valence-electron chi connectivity index (χ4n) is 2.84. The number of piperidine rings is 1. The van der Waals surface area contributed by atoms with Crippen LogP contribution >= 0.6 is 0 Å². The summed E-state index contributed by atoms with van der Waals surface area (Å²) in [7, 11) is 1.74. The normalized spacial score (nSPS) is 26.3. The van der Waals surface area contributed by atoms with Gasteiger partial charge in [-0.25, -0.2) is 4.39 Å². The van der Waals surface area contributed by atoms with E-state index in [4.69, 9.17) is 10.5 Å². The number of hydrogen-bond acceptors (Lipinski definition) is 4. The maximum absolute atomic E-state index is 13.3. The van der Waals surface area contributed by atoms with Crippen LogP contribution in [0.3, 0.4) is 0 Å². The first-order valence-electron chi connectivity index (χ1n) is 6.74. The minimum Gasteiger partial charge on any atom is -0.381 e. The minimum atomic E-state index is -0.291. The first-order valence-corrected chi connectivity index (χ1v) is 6.74. The summed E-state index contributed by atoms with van der Waals surface area (Å²) in [6.07, 6.45) is 5.15. The number of nitrogens with two attached hydrogens (primary N) is 1. The second kappa shape index (κ2) is 6.41. The second-order valence-electron chi connectivity index (χ2n) is 5.12. The smallest absolute Gasteiger partial charge is 0.141 e. The quantitative estimate of drug-likeness (QED) is 0.902. The lowest BCUT2D eigenvalue weighted by molar-refractivity contribution is -0.00173. The summed E-state index contributed by atoms with van der Waals surface area (Å²) >= 11 is 0. The van der Waals surface area contributed by atoms with E-state index in [1.807, 2.05) is 0 Å². The highest BCUT2D eigenvalue weighted by Gasteiger charge is 2.31. The highest BCUT2D eigenvalue weighted by Crippen LogP contribution is 2.28. The van der Waals surface area contributed by atoms with E-state index in [-0.39, 0.29) is 24.0 Å². The maximum Gasteiger partial charge on any atom is 0.141 e. The summed E-state index contributed by atoms with van der Waals surface area (Å²) in [5.41, 5.74) is 6.77. The number of likely N-dealkylation sites (tertiary alicyclic amines) is 1. The largest absolute Gasteiger partial charge is 0.381 e. The molecule has 4 nitrogen and oxygen atoms in total. The van der Waals surface area contributed by atoms with E-state index in [1.165, 1.54) is 6.20 Å². The zero-order valence-corrected chi connectivity index (χ0v) is 11.6. The lowest BCUT2D eigenvalue weighted by Crippen LogP contribution is -2.49. The molecule has 0 radical (unpaired) electrons. The van der Waals surface area contributed by atoms with E-state index in [1.54, 1.807) is 19.4 Å². The summed E-state index contributed by atoms with van der Waals surface area (Å²) in [5.74, 6) is -0.291. The lowest BCUT2D eigenvalue weighted by Gasteiger charge is -2.42. The second-order valence-corrected chi connectivity index (χ2v) is 5.12. The van der Waals surface area contributed by atoms with Gasteiger partial charge >= 0.3 is 0 Å². The summed E-state index contributed by atoms with van der Waals surface area (Å²) in [6.45, 7) is 3.58. The Bertz CT molecular complexity index is 415. The fraction of sp³-hybridized carbons (Fsp3) is 0.643. The van der Waals surface area contributed by atoms with Crippen LogP contribution in [0.4, 0.5) is 4.39 Å². The van der Waals surface area contributed by atoms with Crippen LogP contribution in [0.15, 0.2) is 18.5 Å². The van der Waals surface area contributed by atoms with Crippen LogP contribution in [-0.2, 0) is 4.74 Å². The van der Waals surface area contributed by atoms with Crippen LogP contribution in [0.25, 0.3) is 0 Å². The molecule has 1 aromatic rings. The molecule has 0 aromatic carbocycles. The van der Waals surface area contributed by atoms with Crippen LogP contribution in [0.5, 0.6) is 0 Å². The number of halogens is 1. The van der Waals surface area contributed by atoms with E-state index in [0.29, 0.717) is 6.54 Å². The van der Waals surface area contributed by atoms with Crippen molar-refractivity contribution < 1.29 is 9.13 Å². The molecule has 3 unspecified atom stereocenters. The van der Waals surface area contributed by atoms with Gasteiger partial charge in [0.05, 0.1) is 12.3 Å². The summed E-state index contributed by atoms with van der Waals surface area (Å²) < 4.78 is 18.7. The van der Waals surface area contributed by atoms with Crippen molar-refractivity contribution >= 4 is 0 Å². The molecule has 0 bridgehead atoms. The molecule has 1 aliphatic rings. The highest BCUT2D eigenvalue weighted by molar-refractivity contribution is 5.15. The van der Waals surface area contributed by atoms with Gasteiger partial charge < -0.3 is 10.5 Å². The number of hydrogen-bond donors (Lipinski definition) is 1. The Morgan fingerprint density at radius 2 is 2.37 bits per heavy atom. The molecule has 3 atom stereocenters. The number of nitrogens with zero attached hydrogens (tertiary/aromatic N) is 2. The Balaban J connectivity index is 2.11. The van der Waals surface area contributed by atoms with Crippen molar-refractivity contribution in [3.8, 4) is 0 Å². The average molecular weight is 267 g/mol. The van der Waals surface area contributed by atoms with Crippen molar-refractivity contribution in [2.45, 2.75) is 38.0 Å². The average Bonchev–Trinajstić information content (AvgIpc) is 2.45. The molecule has 5 heteroatoms. The molecule has 0 aliphatic carbocycles. The topological polar surface area (TPSA) is 51.4 Å². The first-order chi connectivity index (χ1) is 9.15. The Morgan fingerprint density at radius 1 is 1.58 bits per heavy atom. The summed E-state index contributed by atoms with van der Waals surface area (Å²) in [6, 6.07) is 1.94. The number of aromatic nitrogens is 1. The molecule has 1 aromatic heterocycles. The van der Waals surface area contributed by atoms with Gasteiger partial charge in [0.25, 0.3) is 0 Å². The van der Waals surface area contributed by atoms with Gasteiger partial charge in [0.1, 0.15) is 5.82 Å². The predicted octanol–water partition coefficient (Wildman–Crippen LogP) is 1.72. The van der Waals surface area contributed by atoms with Gasteiger partial charge in [-0.15, -0.1) is 0 Å². The third-order valence-corrected chi connectivity index (χ3v) is 4.02. The summed E-state index contributed by atoms with van der Waals surface area (Å²) in [4.78, 5) is 6.25. The molecular formula is C14H22FN3O. The van der Waals surface area contributed by atoms with Crippen LogP contribution in [-0.4, -0.2) is 42.2 Å². The highest BCUT2D eigenvalue weighted by atomic mass is 19.1. The molecule has 0 amide bonds. The van der Waals surface area contributed by atoms with Crippen molar-refractivity contribution in [1.82, 2.24) is 9.88 Å². The fourth-order valence-corrected chi connectivity index (χ4v) is 2.84. The first kappa shape index (κ1) is 14.4. The molecule has 1 saturated heterocycles. The third-order valence-electron chi connectivity index (χ3n) is 4.02. The molecule has 1 aliphatic heterocycles. The van der Waals surface area contributed by atoms with Crippen LogP contribution in [0.2, 0.25) is 0 Å². The van der Waals surface area contributed by atoms with Gasteiger partial charge in [0.15, 0.2) is 0 Å². The van der Waals surface area contributed by atoms with Crippen molar-refractivity contribution in [3.05, 3.63) is 29.8 Å². The zero-order valence-electron chi connectivity index (χ0n) is 11.6. The molecule has 2 rings (SSSR count). The molecule has 106 valence electrons. The van der Waals surface area contributed by atoms with Crippen LogP contribution < -0.4 is 5.73 Å². The number of ether oxygens (including phenoxy) is 1. The molecule has 0 saturated carbocycles. The molecule has 2 N–H and O–H groups in total. The number of rotatable bonds is 4. The van der Waals surface area contributed by atoms with Crippen molar-refractivity contribution in [2.75, 3.05) is 20.2 Å². The van der Waals surface area contributed by atoms with Crippen molar-refractivity contribution in [3.63, 3.8) is 0 Å². The molecule has 2 heterocycles. The lowest BCUT2D eigenvalue weighted by atomic mass is 9.95. The number of methoxy groups -OCH3 is 1. The van der Waals surface area contributed by atoms with E-state index in [0.717, 1.165) is 24.9 Å². The standard InChI is InChI=1S/C14H22FN3O/c1-10(11-5-12(15)9-17-8-11)18-4-3-14(19-2)6-13(18)7-16/h5,8-10,13-14H,3-4,6-7,16H2,1-2H3. The summed E-state index contributed by atoms with van der Waals surface area (Å²) in [5, 5.41) is 0. The van der Waals surface area contributed by atoms with E-state index < -0.39 is 0 Å². The van der Waals surface area contributed by atoms with Crippen molar-refractivity contribution in [1.29, 1.82) is 0 Å². The molecule has 0 spiro atoms. The van der Waals surface area contributed by atoms with Gasteiger partial charge in [-0.2, -0.15) is 0 Å². The van der Waals surface area contributed by atoms with Gasteiger partial charge in [0.2, 0.25) is 0 Å². The van der Waals surface area contributed by atoms with Gasteiger partial charge in [0, 0.05) is 38.5 Å². The van der Waals surface area contributed by atoms with E-state index in [2.05, 4.69) is 16.8 Å². The van der Waals surface area contributed by atoms with E-state index >= 15 is 0 Å². The van der Waals surface area contributed by atoms with Gasteiger partial charge in [-0.05, 0) is 31.4 Å². The zero-order chi connectivity index (χ0) is 13.8. The number of pyridine rings is 1. The third kappa shape index (κ3) is 3.29. The van der Waals surface area contributed by atoms with Crippen LogP contribution in [0.1, 0.15) is 31.4 Å². The monoisotopic (exact) mass is 267 g/mol. The predicted molar refractivity (Wildman–Crippen MR) is 72.2 cm³/mol. The molecule has 19 heavy (non-hydrogen) atoms. The SMILES string of the molecule is COC1CCN(C(C)c2cncc(F)c2)C(CN)C1. The van der Waals surface area contributed by atoms with E-state index in [9.17, 15) is 4.39 Å².